The number of aliphatic imine (C=N–C) groups is 1. The lowest BCUT2D eigenvalue weighted by Crippen LogP contribution is -2.55. The minimum absolute atomic E-state index is 0. The van der Waals surface area contributed by atoms with Gasteiger partial charge in [-0.2, -0.15) is 0 Å². The van der Waals surface area contributed by atoms with Crippen molar-refractivity contribution >= 4 is 35.8 Å². The quantitative estimate of drug-likeness (QED) is 0.359. The van der Waals surface area contributed by atoms with Crippen molar-refractivity contribution in [3.05, 3.63) is 11.6 Å². The van der Waals surface area contributed by atoms with Crippen molar-refractivity contribution in [3.63, 3.8) is 0 Å². The molecule has 30 heavy (non-hydrogen) atoms. The molecular weight excluding hydrogens is 497 g/mol. The minimum Gasteiger partial charge on any atom is -0.368 e. The topological polar surface area (TPSA) is 87.9 Å². The van der Waals surface area contributed by atoms with E-state index < -0.39 is 0 Å². The fourth-order valence-electron chi connectivity index (χ4n) is 4.35. The number of ether oxygens (including phenoxy) is 1. The summed E-state index contributed by atoms with van der Waals surface area (Å²) in [5, 5.41) is 12.2. The molecule has 1 unspecified atom stereocenters. The first-order valence-electron chi connectivity index (χ1n) is 11.1. The van der Waals surface area contributed by atoms with Gasteiger partial charge in [-0.05, 0) is 32.6 Å². The first-order valence-corrected chi connectivity index (χ1v) is 11.1. The third-order valence-electron chi connectivity index (χ3n) is 5.99. The molecule has 0 saturated carbocycles. The summed E-state index contributed by atoms with van der Waals surface area (Å²) < 4.78 is 7.81. The lowest BCUT2D eigenvalue weighted by Gasteiger charge is -2.37. The van der Waals surface area contributed by atoms with E-state index in [1.54, 1.807) is 0 Å². The van der Waals surface area contributed by atoms with Gasteiger partial charge in [-0.25, -0.2) is 4.99 Å². The van der Waals surface area contributed by atoms with Gasteiger partial charge in [0.25, 0.3) is 5.91 Å². The number of carbonyl (C=O) groups is 1. The smallest absolute Gasteiger partial charge is 0.251 e. The molecule has 1 aromatic rings. The number of hydrogen-bond donors (Lipinski definition) is 1. The van der Waals surface area contributed by atoms with Crippen molar-refractivity contribution in [2.45, 2.75) is 64.6 Å². The molecule has 9 nitrogen and oxygen atoms in total. The van der Waals surface area contributed by atoms with Gasteiger partial charge in [-0.1, -0.05) is 6.42 Å². The molecule has 10 heteroatoms. The maximum absolute atomic E-state index is 12.6. The molecule has 4 rings (SSSR count). The van der Waals surface area contributed by atoms with Crippen molar-refractivity contribution < 1.29 is 9.53 Å². The second-order valence-electron chi connectivity index (χ2n) is 7.98. The van der Waals surface area contributed by atoms with E-state index in [0.29, 0.717) is 26.2 Å². The summed E-state index contributed by atoms with van der Waals surface area (Å²) in [6.07, 6.45) is 6.25. The van der Waals surface area contributed by atoms with Crippen molar-refractivity contribution in [3.8, 4) is 0 Å². The number of rotatable bonds is 4. The lowest BCUT2D eigenvalue weighted by molar-refractivity contribution is -0.142. The van der Waals surface area contributed by atoms with Gasteiger partial charge in [0.1, 0.15) is 18.5 Å². The van der Waals surface area contributed by atoms with Crippen LogP contribution in [-0.4, -0.2) is 81.9 Å². The van der Waals surface area contributed by atoms with Crippen LogP contribution in [0.15, 0.2) is 4.99 Å². The highest BCUT2D eigenvalue weighted by Gasteiger charge is 2.31. The van der Waals surface area contributed by atoms with Gasteiger partial charge in [0, 0.05) is 52.3 Å². The van der Waals surface area contributed by atoms with E-state index >= 15 is 0 Å². The molecule has 3 aliphatic rings. The molecular formula is C20H34IN7O2. The molecule has 0 spiro atoms. The summed E-state index contributed by atoms with van der Waals surface area (Å²) in [5.74, 6) is 3.08. The lowest BCUT2D eigenvalue weighted by atomic mass is 10.2. The van der Waals surface area contributed by atoms with Crippen LogP contribution in [0.1, 0.15) is 50.7 Å². The molecule has 0 bridgehead atoms. The number of nitrogens with one attached hydrogen (secondary N) is 1. The Labute approximate surface area is 195 Å². The van der Waals surface area contributed by atoms with E-state index in [9.17, 15) is 4.79 Å². The predicted octanol–water partition coefficient (Wildman–Crippen LogP) is 1.41. The van der Waals surface area contributed by atoms with Crippen molar-refractivity contribution in [1.82, 2.24) is 29.9 Å². The third kappa shape index (κ3) is 5.43. The van der Waals surface area contributed by atoms with E-state index in [0.717, 1.165) is 63.0 Å². The van der Waals surface area contributed by atoms with Crippen LogP contribution in [0.2, 0.25) is 0 Å². The number of nitrogens with zero attached hydrogens (tertiary/aromatic N) is 6. The molecule has 2 saturated heterocycles. The average Bonchev–Trinajstić information content (AvgIpc) is 3.36. The molecule has 0 aliphatic carbocycles. The number of amides is 1. The van der Waals surface area contributed by atoms with Gasteiger partial charge in [0.15, 0.2) is 11.8 Å². The molecule has 0 aromatic carbocycles. The Morgan fingerprint density at radius 2 is 1.90 bits per heavy atom. The molecule has 3 aliphatic heterocycles. The van der Waals surface area contributed by atoms with Gasteiger partial charge in [0.2, 0.25) is 0 Å². The zero-order valence-electron chi connectivity index (χ0n) is 17.9. The Morgan fingerprint density at radius 3 is 2.63 bits per heavy atom. The zero-order valence-corrected chi connectivity index (χ0v) is 20.2. The Bertz CT molecular complexity index is 725. The van der Waals surface area contributed by atoms with Crippen LogP contribution in [0.3, 0.4) is 0 Å². The highest BCUT2D eigenvalue weighted by atomic mass is 127. The average molecular weight is 531 g/mol. The van der Waals surface area contributed by atoms with E-state index in [2.05, 4.69) is 31.9 Å². The summed E-state index contributed by atoms with van der Waals surface area (Å²) in [5.41, 5.74) is 0. The molecule has 1 atom stereocenters. The fourth-order valence-corrected chi connectivity index (χ4v) is 4.35. The normalized spacial score (nSPS) is 22.3. The van der Waals surface area contributed by atoms with Crippen LogP contribution in [0, 0.1) is 0 Å². The summed E-state index contributed by atoms with van der Waals surface area (Å²) in [6.45, 7) is 8.11. The van der Waals surface area contributed by atoms with E-state index in [1.165, 1.54) is 19.3 Å². The largest absolute Gasteiger partial charge is 0.368 e. The number of aromatic nitrogens is 3. The zero-order chi connectivity index (χ0) is 20.1. The second-order valence-corrected chi connectivity index (χ2v) is 7.98. The summed E-state index contributed by atoms with van der Waals surface area (Å²) in [4.78, 5) is 21.6. The van der Waals surface area contributed by atoms with Gasteiger partial charge in [0.05, 0.1) is 0 Å². The first-order chi connectivity index (χ1) is 14.3. The van der Waals surface area contributed by atoms with Gasteiger partial charge < -0.3 is 24.4 Å². The molecule has 168 valence electrons. The second kappa shape index (κ2) is 11.3. The predicted molar refractivity (Wildman–Crippen MR) is 125 cm³/mol. The summed E-state index contributed by atoms with van der Waals surface area (Å²) >= 11 is 0. The number of aryl methyl sites for hydroxylation is 1. The first kappa shape index (κ1) is 23.2. The number of guanidine groups is 1. The van der Waals surface area contributed by atoms with Crippen molar-refractivity contribution in [2.75, 3.05) is 39.3 Å². The SMILES string of the molecule is CCNC(=NCc1nnc2n1CCCCC2)N1CCN(C(=O)C2CCCO2)CC1.I. The van der Waals surface area contributed by atoms with Gasteiger partial charge in [-0.3, -0.25) is 4.79 Å². The van der Waals surface area contributed by atoms with Gasteiger partial charge in [-0.15, -0.1) is 34.2 Å². The molecule has 1 amide bonds. The third-order valence-corrected chi connectivity index (χ3v) is 5.99. The van der Waals surface area contributed by atoms with Gasteiger partial charge >= 0.3 is 0 Å². The number of piperazine rings is 1. The minimum atomic E-state index is -0.230. The molecule has 0 radical (unpaired) electrons. The highest BCUT2D eigenvalue weighted by Crippen LogP contribution is 2.17. The highest BCUT2D eigenvalue weighted by molar-refractivity contribution is 14.0. The van der Waals surface area contributed by atoms with E-state index in [4.69, 9.17) is 9.73 Å². The van der Waals surface area contributed by atoms with Crippen LogP contribution in [0.5, 0.6) is 0 Å². The standard InChI is InChI=1S/C20H33N7O2.HI/c1-2-21-20(22-15-18-24-23-17-8-4-3-5-9-27(17)18)26-12-10-25(11-13-26)19(28)16-7-6-14-29-16;/h16H,2-15H2,1H3,(H,21,22);1H. The Balaban J connectivity index is 0.00000256. The number of halogens is 1. The maximum Gasteiger partial charge on any atom is 0.251 e. The van der Waals surface area contributed by atoms with Crippen LogP contribution in [0.4, 0.5) is 0 Å². The maximum atomic E-state index is 12.6. The Morgan fingerprint density at radius 1 is 1.10 bits per heavy atom. The Hall–Kier alpha value is -1.43. The monoisotopic (exact) mass is 531 g/mol. The van der Waals surface area contributed by atoms with E-state index in [1.807, 2.05) is 4.90 Å². The number of hydrogen-bond acceptors (Lipinski definition) is 5. The van der Waals surface area contributed by atoms with Crippen molar-refractivity contribution in [1.29, 1.82) is 0 Å². The molecule has 2 fully saturated rings. The molecule has 1 N–H and O–H groups in total. The number of fused-ring (bicyclic) bond motifs is 1. The van der Waals surface area contributed by atoms with E-state index in [-0.39, 0.29) is 36.0 Å². The molecule has 1 aromatic heterocycles. The van der Waals surface area contributed by atoms with Crippen LogP contribution in [0.25, 0.3) is 0 Å². The van der Waals surface area contributed by atoms with Crippen LogP contribution >= 0.6 is 24.0 Å². The van der Waals surface area contributed by atoms with Crippen LogP contribution < -0.4 is 5.32 Å². The fraction of sp³-hybridized carbons (Fsp3) is 0.800. The summed E-state index contributed by atoms with van der Waals surface area (Å²) in [7, 11) is 0. The number of carbonyl (C=O) groups excluding carboxylic acids is 1. The summed E-state index contributed by atoms with van der Waals surface area (Å²) in [6, 6.07) is 0. The molecule has 4 heterocycles. The van der Waals surface area contributed by atoms with Crippen molar-refractivity contribution in [2.24, 2.45) is 4.99 Å². The van der Waals surface area contributed by atoms with Crippen LogP contribution in [-0.2, 0) is 29.0 Å². The Kier molecular flexibility index (Phi) is 8.72.